The maximum absolute atomic E-state index is 14.7. The third-order valence-corrected chi connectivity index (χ3v) is 7.45. The van der Waals surface area contributed by atoms with E-state index in [2.05, 4.69) is 10.1 Å². The number of benzene rings is 1. The van der Waals surface area contributed by atoms with E-state index in [0.29, 0.717) is 22.3 Å². The van der Waals surface area contributed by atoms with Gasteiger partial charge in [0.2, 0.25) is 5.89 Å². The predicted octanol–water partition coefficient (Wildman–Crippen LogP) is 5.01. The van der Waals surface area contributed by atoms with Crippen molar-refractivity contribution in [2.75, 3.05) is 0 Å². The highest BCUT2D eigenvalue weighted by atomic mass is 32.2. The minimum Gasteiger partial charge on any atom is -0.338 e. The second kappa shape index (κ2) is 7.63. The van der Waals surface area contributed by atoms with Crippen LogP contribution in [0.25, 0.3) is 15.9 Å². The van der Waals surface area contributed by atoms with Crippen LogP contribution >= 0.6 is 23.1 Å². The Morgan fingerprint density at radius 3 is 2.80 bits per heavy atom. The van der Waals surface area contributed by atoms with Gasteiger partial charge in [0.05, 0.1) is 16.3 Å². The van der Waals surface area contributed by atoms with Gasteiger partial charge in [0, 0.05) is 4.88 Å². The summed E-state index contributed by atoms with van der Waals surface area (Å²) < 4.78 is 21.4. The van der Waals surface area contributed by atoms with E-state index in [1.807, 2.05) is 6.92 Å². The zero-order chi connectivity index (χ0) is 20.8. The van der Waals surface area contributed by atoms with Crippen LogP contribution in [0.4, 0.5) is 4.39 Å². The zero-order valence-electron chi connectivity index (χ0n) is 16.5. The standard InChI is InChI=1S/C21H19FN4O2S2/c1-11(18-23-12(2)25-28-18)29-21-24-19-17(13-7-3-6-10-16(13)30-19)20(27)26(21)15-9-5-4-8-14(15)22/h4-5,8-9,11H,3,6-7,10H2,1-2H3. The summed E-state index contributed by atoms with van der Waals surface area (Å²) in [6.45, 7) is 3.65. The summed E-state index contributed by atoms with van der Waals surface area (Å²) in [5.74, 6) is 0.517. The van der Waals surface area contributed by atoms with E-state index < -0.39 is 5.82 Å². The molecule has 154 valence electrons. The lowest BCUT2D eigenvalue weighted by Gasteiger charge is -2.15. The Kier molecular flexibility index (Phi) is 4.94. The smallest absolute Gasteiger partial charge is 0.267 e. The van der Waals surface area contributed by atoms with Crippen LogP contribution in [0.15, 0.2) is 38.7 Å². The Balaban J connectivity index is 1.73. The lowest BCUT2D eigenvalue weighted by atomic mass is 9.97. The van der Waals surface area contributed by atoms with E-state index in [1.165, 1.54) is 27.3 Å². The summed E-state index contributed by atoms with van der Waals surface area (Å²) in [6, 6.07) is 6.29. The van der Waals surface area contributed by atoms with Crippen molar-refractivity contribution in [3.8, 4) is 5.69 Å². The van der Waals surface area contributed by atoms with Crippen molar-refractivity contribution in [3.05, 3.63) is 62.6 Å². The molecule has 9 heteroatoms. The number of hydrogen-bond donors (Lipinski definition) is 0. The third kappa shape index (κ3) is 3.26. The van der Waals surface area contributed by atoms with Gasteiger partial charge in [-0.05, 0) is 57.2 Å². The summed E-state index contributed by atoms with van der Waals surface area (Å²) >= 11 is 2.89. The van der Waals surface area contributed by atoms with Crippen molar-refractivity contribution < 1.29 is 8.91 Å². The monoisotopic (exact) mass is 442 g/mol. The number of halogens is 1. The van der Waals surface area contributed by atoms with Gasteiger partial charge in [0.25, 0.3) is 5.56 Å². The first-order valence-corrected chi connectivity index (χ1v) is 11.5. The van der Waals surface area contributed by atoms with Gasteiger partial charge in [-0.2, -0.15) is 4.98 Å². The molecule has 0 amide bonds. The fourth-order valence-corrected chi connectivity index (χ4v) is 6.05. The molecule has 4 aromatic rings. The number of thiophene rings is 1. The Labute approximate surface area is 180 Å². The Morgan fingerprint density at radius 1 is 1.23 bits per heavy atom. The maximum Gasteiger partial charge on any atom is 0.267 e. The molecule has 1 aromatic carbocycles. The fraction of sp³-hybridized carbons (Fsp3) is 0.333. The van der Waals surface area contributed by atoms with Crippen molar-refractivity contribution in [2.24, 2.45) is 0 Å². The molecule has 0 N–H and O–H groups in total. The van der Waals surface area contributed by atoms with Crippen LogP contribution in [-0.4, -0.2) is 19.7 Å². The van der Waals surface area contributed by atoms with Crippen molar-refractivity contribution in [2.45, 2.75) is 49.9 Å². The molecular weight excluding hydrogens is 423 g/mol. The maximum atomic E-state index is 14.7. The average Bonchev–Trinajstić information content (AvgIpc) is 3.32. The number of para-hydroxylation sites is 1. The van der Waals surface area contributed by atoms with Crippen LogP contribution in [0.3, 0.4) is 0 Å². The average molecular weight is 443 g/mol. The number of fused-ring (bicyclic) bond motifs is 3. The molecular formula is C21H19FN4O2S2. The lowest BCUT2D eigenvalue weighted by Crippen LogP contribution is -2.23. The Hall–Kier alpha value is -2.52. The molecule has 30 heavy (non-hydrogen) atoms. The van der Waals surface area contributed by atoms with E-state index >= 15 is 0 Å². The number of rotatable bonds is 4. The van der Waals surface area contributed by atoms with Crippen molar-refractivity contribution in [1.82, 2.24) is 19.7 Å². The van der Waals surface area contributed by atoms with Gasteiger partial charge >= 0.3 is 0 Å². The predicted molar refractivity (Wildman–Crippen MR) is 115 cm³/mol. The van der Waals surface area contributed by atoms with Crippen molar-refractivity contribution >= 4 is 33.3 Å². The van der Waals surface area contributed by atoms with Crippen LogP contribution in [0.2, 0.25) is 0 Å². The van der Waals surface area contributed by atoms with Gasteiger partial charge in [-0.3, -0.25) is 9.36 Å². The number of aromatic nitrogens is 4. The first kappa shape index (κ1) is 19.4. The van der Waals surface area contributed by atoms with Crippen molar-refractivity contribution in [1.29, 1.82) is 0 Å². The van der Waals surface area contributed by atoms with Crippen molar-refractivity contribution in [3.63, 3.8) is 0 Å². The van der Waals surface area contributed by atoms with Gasteiger partial charge < -0.3 is 4.52 Å². The van der Waals surface area contributed by atoms with Crippen LogP contribution in [-0.2, 0) is 12.8 Å². The summed E-state index contributed by atoms with van der Waals surface area (Å²) in [7, 11) is 0. The molecule has 0 aliphatic heterocycles. The highest BCUT2D eigenvalue weighted by Gasteiger charge is 2.25. The van der Waals surface area contributed by atoms with Crippen LogP contribution in [0.5, 0.6) is 0 Å². The molecule has 6 nitrogen and oxygen atoms in total. The number of hydrogen-bond acceptors (Lipinski definition) is 7. The van der Waals surface area contributed by atoms with E-state index in [9.17, 15) is 9.18 Å². The van der Waals surface area contributed by atoms with Crippen LogP contribution in [0, 0.1) is 12.7 Å². The first-order chi connectivity index (χ1) is 14.5. The number of thioether (sulfide) groups is 1. The molecule has 3 heterocycles. The molecule has 0 radical (unpaired) electrons. The van der Waals surface area contributed by atoms with Crippen LogP contribution in [0.1, 0.15) is 47.2 Å². The molecule has 5 rings (SSSR count). The molecule has 0 saturated heterocycles. The highest BCUT2D eigenvalue weighted by Crippen LogP contribution is 2.38. The summed E-state index contributed by atoms with van der Waals surface area (Å²) in [6.07, 6.45) is 4.02. The summed E-state index contributed by atoms with van der Waals surface area (Å²) in [5.41, 5.74) is 1.06. The fourth-order valence-electron chi connectivity index (χ4n) is 3.80. The van der Waals surface area contributed by atoms with Crippen LogP contribution < -0.4 is 5.56 Å². The minimum absolute atomic E-state index is 0.198. The normalized spacial score (nSPS) is 14.8. The number of nitrogens with zero attached hydrogens (tertiary/aromatic N) is 4. The van der Waals surface area contributed by atoms with E-state index in [4.69, 9.17) is 9.51 Å². The summed E-state index contributed by atoms with van der Waals surface area (Å²) in [4.78, 5) is 24.7. The molecule has 0 fully saturated rings. The lowest BCUT2D eigenvalue weighted by molar-refractivity contribution is 0.376. The topological polar surface area (TPSA) is 73.8 Å². The molecule has 1 atom stereocenters. The largest absolute Gasteiger partial charge is 0.338 e. The van der Waals surface area contributed by atoms with E-state index in [1.54, 1.807) is 36.5 Å². The SMILES string of the molecule is Cc1noc(C(C)Sc2nc3sc4c(c3c(=O)n2-c2ccccc2F)CCCC4)n1. The summed E-state index contributed by atoms with van der Waals surface area (Å²) in [5, 5.41) is 4.64. The molecule has 0 saturated carbocycles. The molecule has 3 aromatic heterocycles. The highest BCUT2D eigenvalue weighted by molar-refractivity contribution is 7.99. The van der Waals surface area contributed by atoms with Gasteiger partial charge in [-0.15, -0.1) is 11.3 Å². The molecule has 0 bridgehead atoms. The molecule has 1 aliphatic rings. The van der Waals surface area contributed by atoms with Gasteiger partial charge in [0.1, 0.15) is 10.6 Å². The molecule has 1 aliphatic carbocycles. The van der Waals surface area contributed by atoms with E-state index in [-0.39, 0.29) is 16.5 Å². The minimum atomic E-state index is -0.465. The Bertz CT molecular complexity index is 1310. The third-order valence-electron chi connectivity index (χ3n) is 5.22. The van der Waals surface area contributed by atoms with Gasteiger partial charge in [-0.25, -0.2) is 9.37 Å². The molecule has 1 unspecified atom stereocenters. The number of aryl methyl sites for hydroxylation is 3. The first-order valence-electron chi connectivity index (χ1n) is 9.82. The quantitative estimate of drug-likeness (QED) is 0.327. The zero-order valence-corrected chi connectivity index (χ0v) is 18.1. The van der Waals surface area contributed by atoms with Gasteiger partial charge in [-0.1, -0.05) is 29.1 Å². The molecule has 0 spiro atoms. The van der Waals surface area contributed by atoms with Gasteiger partial charge in [0.15, 0.2) is 11.0 Å². The second-order valence-electron chi connectivity index (χ2n) is 7.32. The Morgan fingerprint density at radius 2 is 2.03 bits per heavy atom. The second-order valence-corrected chi connectivity index (χ2v) is 9.71. The van der Waals surface area contributed by atoms with E-state index in [0.717, 1.165) is 36.1 Å².